The molecular weight excluding hydrogens is 238 g/mol. The zero-order valence-corrected chi connectivity index (χ0v) is 9.78. The van der Waals surface area contributed by atoms with Crippen molar-refractivity contribution in [1.82, 2.24) is 4.98 Å². The monoisotopic (exact) mass is 247 g/mol. The maximum Gasteiger partial charge on any atom is 0.161 e. The van der Waals surface area contributed by atoms with Crippen molar-refractivity contribution in [3.8, 4) is 22.6 Å². The van der Waals surface area contributed by atoms with E-state index in [1.54, 1.807) is 12.3 Å². The highest BCUT2D eigenvalue weighted by molar-refractivity contribution is 6.29. The second-order valence-electron chi connectivity index (χ2n) is 3.73. The van der Waals surface area contributed by atoms with Crippen molar-refractivity contribution in [2.75, 3.05) is 13.2 Å². The highest BCUT2D eigenvalue weighted by Crippen LogP contribution is 2.34. The summed E-state index contributed by atoms with van der Waals surface area (Å²) in [6.45, 7) is 1.20. The van der Waals surface area contributed by atoms with Crippen LogP contribution in [-0.4, -0.2) is 18.2 Å². The second-order valence-corrected chi connectivity index (χ2v) is 4.12. The molecule has 0 aliphatic carbocycles. The van der Waals surface area contributed by atoms with E-state index in [4.69, 9.17) is 21.1 Å². The molecule has 0 fully saturated rings. The zero-order chi connectivity index (χ0) is 11.7. The molecule has 0 saturated heterocycles. The van der Waals surface area contributed by atoms with E-state index < -0.39 is 0 Å². The minimum Gasteiger partial charge on any atom is -0.486 e. The molecule has 0 bridgehead atoms. The van der Waals surface area contributed by atoms with E-state index in [0.717, 1.165) is 22.6 Å². The number of hydrogen-bond donors (Lipinski definition) is 0. The Bertz CT molecular complexity index is 540. The van der Waals surface area contributed by atoms with Crippen molar-refractivity contribution >= 4 is 11.6 Å². The average molecular weight is 248 g/mol. The van der Waals surface area contributed by atoms with Gasteiger partial charge in [-0.15, -0.1) is 0 Å². The van der Waals surface area contributed by atoms with E-state index in [1.165, 1.54) is 0 Å². The molecule has 17 heavy (non-hydrogen) atoms. The average Bonchev–Trinajstić information content (AvgIpc) is 2.39. The van der Waals surface area contributed by atoms with Crippen LogP contribution in [0.15, 0.2) is 36.5 Å². The standard InChI is InChI=1S/C13H10ClNO2/c14-13-4-2-10(8-15-13)9-1-3-11-12(7-9)17-6-5-16-11/h1-4,7-8H,5-6H2. The molecular formula is C13H10ClNO2. The molecule has 1 aromatic carbocycles. The fourth-order valence-electron chi connectivity index (χ4n) is 1.77. The molecule has 0 radical (unpaired) electrons. The second kappa shape index (κ2) is 4.26. The van der Waals surface area contributed by atoms with Crippen LogP contribution in [0, 0.1) is 0 Å². The van der Waals surface area contributed by atoms with Gasteiger partial charge in [-0.3, -0.25) is 0 Å². The summed E-state index contributed by atoms with van der Waals surface area (Å²) in [5.41, 5.74) is 2.05. The normalized spacial score (nSPS) is 13.5. The summed E-state index contributed by atoms with van der Waals surface area (Å²) in [5.74, 6) is 1.57. The van der Waals surface area contributed by atoms with Gasteiger partial charge in [-0.1, -0.05) is 17.7 Å². The Kier molecular flexibility index (Phi) is 2.61. The Morgan fingerprint density at radius 1 is 0.941 bits per heavy atom. The number of pyridine rings is 1. The molecule has 0 amide bonds. The van der Waals surface area contributed by atoms with E-state index in [1.807, 2.05) is 24.3 Å². The molecule has 2 aromatic rings. The lowest BCUT2D eigenvalue weighted by molar-refractivity contribution is 0.171. The Balaban J connectivity index is 2.01. The van der Waals surface area contributed by atoms with Crippen molar-refractivity contribution in [1.29, 1.82) is 0 Å². The third-order valence-electron chi connectivity index (χ3n) is 2.60. The number of rotatable bonds is 1. The molecule has 2 heterocycles. The molecule has 3 rings (SSSR count). The minimum absolute atomic E-state index is 0.492. The van der Waals surface area contributed by atoms with Crippen LogP contribution in [0.4, 0.5) is 0 Å². The van der Waals surface area contributed by atoms with Crippen molar-refractivity contribution < 1.29 is 9.47 Å². The van der Waals surface area contributed by atoms with Gasteiger partial charge in [0, 0.05) is 11.8 Å². The van der Waals surface area contributed by atoms with E-state index in [-0.39, 0.29) is 0 Å². The summed E-state index contributed by atoms with van der Waals surface area (Å²) in [5, 5.41) is 0.492. The molecule has 0 spiro atoms. The van der Waals surface area contributed by atoms with Gasteiger partial charge in [-0.2, -0.15) is 0 Å². The van der Waals surface area contributed by atoms with Crippen LogP contribution in [0.5, 0.6) is 11.5 Å². The predicted molar refractivity (Wildman–Crippen MR) is 65.7 cm³/mol. The number of aromatic nitrogens is 1. The topological polar surface area (TPSA) is 31.4 Å². The first kappa shape index (κ1) is 10.4. The van der Waals surface area contributed by atoms with Gasteiger partial charge < -0.3 is 9.47 Å². The van der Waals surface area contributed by atoms with Crippen LogP contribution in [0.1, 0.15) is 0 Å². The van der Waals surface area contributed by atoms with Gasteiger partial charge >= 0.3 is 0 Å². The highest BCUT2D eigenvalue weighted by Gasteiger charge is 2.12. The Morgan fingerprint density at radius 2 is 1.71 bits per heavy atom. The van der Waals surface area contributed by atoms with Crippen molar-refractivity contribution in [2.45, 2.75) is 0 Å². The third kappa shape index (κ3) is 2.06. The lowest BCUT2D eigenvalue weighted by Gasteiger charge is -2.18. The smallest absolute Gasteiger partial charge is 0.161 e. The van der Waals surface area contributed by atoms with Gasteiger partial charge in [0.05, 0.1) is 0 Å². The van der Waals surface area contributed by atoms with Crippen molar-refractivity contribution in [3.05, 3.63) is 41.7 Å². The molecule has 0 saturated carbocycles. The quantitative estimate of drug-likeness (QED) is 0.726. The molecule has 3 nitrogen and oxygen atoms in total. The Labute approximate surface area is 104 Å². The summed E-state index contributed by atoms with van der Waals surface area (Å²) in [6, 6.07) is 9.56. The van der Waals surface area contributed by atoms with Gasteiger partial charge in [0.2, 0.25) is 0 Å². The maximum absolute atomic E-state index is 5.76. The van der Waals surface area contributed by atoms with Crippen molar-refractivity contribution in [2.24, 2.45) is 0 Å². The summed E-state index contributed by atoms with van der Waals surface area (Å²) >= 11 is 5.76. The minimum atomic E-state index is 0.492. The number of halogens is 1. The van der Waals surface area contributed by atoms with E-state index in [0.29, 0.717) is 18.4 Å². The number of hydrogen-bond acceptors (Lipinski definition) is 3. The first-order chi connectivity index (χ1) is 8.33. The van der Waals surface area contributed by atoms with Gasteiger partial charge in [-0.25, -0.2) is 4.98 Å². The molecule has 1 aliphatic rings. The lowest BCUT2D eigenvalue weighted by Crippen LogP contribution is -2.15. The molecule has 0 atom stereocenters. The molecule has 0 unspecified atom stereocenters. The lowest BCUT2D eigenvalue weighted by atomic mass is 10.1. The summed E-state index contributed by atoms with van der Waals surface area (Å²) in [7, 11) is 0. The van der Waals surface area contributed by atoms with E-state index in [9.17, 15) is 0 Å². The summed E-state index contributed by atoms with van der Waals surface area (Å²) < 4.78 is 11.0. The van der Waals surface area contributed by atoms with Crippen LogP contribution in [0.2, 0.25) is 5.15 Å². The molecule has 4 heteroatoms. The van der Waals surface area contributed by atoms with Crippen LogP contribution in [0.3, 0.4) is 0 Å². The summed E-state index contributed by atoms with van der Waals surface area (Å²) in [6.07, 6.45) is 1.74. The fourth-order valence-corrected chi connectivity index (χ4v) is 1.88. The van der Waals surface area contributed by atoms with Crippen LogP contribution in [0.25, 0.3) is 11.1 Å². The number of ether oxygens (including phenoxy) is 2. The van der Waals surface area contributed by atoms with Gasteiger partial charge in [0.1, 0.15) is 18.4 Å². The number of nitrogens with zero attached hydrogens (tertiary/aromatic N) is 1. The Hall–Kier alpha value is -1.74. The third-order valence-corrected chi connectivity index (χ3v) is 2.83. The zero-order valence-electron chi connectivity index (χ0n) is 9.02. The number of benzene rings is 1. The molecule has 1 aromatic heterocycles. The molecule has 0 N–H and O–H groups in total. The van der Waals surface area contributed by atoms with Gasteiger partial charge in [-0.05, 0) is 29.8 Å². The SMILES string of the molecule is Clc1ccc(-c2ccc3c(c2)OCCO3)cn1. The largest absolute Gasteiger partial charge is 0.486 e. The van der Waals surface area contributed by atoms with Gasteiger partial charge in [0.25, 0.3) is 0 Å². The first-order valence-electron chi connectivity index (χ1n) is 5.34. The molecule has 86 valence electrons. The predicted octanol–water partition coefficient (Wildman–Crippen LogP) is 3.17. The van der Waals surface area contributed by atoms with E-state index >= 15 is 0 Å². The summed E-state index contributed by atoms with van der Waals surface area (Å²) in [4.78, 5) is 4.06. The number of fused-ring (bicyclic) bond motifs is 1. The fraction of sp³-hybridized carbons (Fsp3) is 0.154. The first-order valence-corrected chi connectivity index (χ1v) is 5.72. The highest BCUT2D eigenvalue weighted by atomic mass is 35.5. The Morgan fingerprint density at radius 3 is 2.47 bits per heavy atom. The maximum atomic E-state index is 5.76. The van der Waals surface area contributed by atoms with Gasteiger partial charge in [0.15, 0.2) is 11.5 Å². The van der Waals surface area contributed by atoms with E-state index in [2.05, 4.69) is 4.98 Å². The van der Waals surface area contributed by atoms with Crippen LogP contribution < -0.4 is 9.47 Å². The van der Waals surface area contributed by atoms with Crippen LogP contribution in [-0.2, 0) is 0 Å². The molecule has 1 aliphatic heterocycles. The van der Waals surface area contributed by atoms with Crippen molar-refractivity contribution in [3.63, 3.8) is 0 Å². The van der Waals surface area contributed by atoms with Crippen LogP contribution >= 0.6 is 11.6 Å².